The molecule has 0 amide bonds. The van der Waals surface area contributed by atoms with Crippen LogP contribution in [0.4, 0.5) is 0 Å². The minimum absolute atomic E-state index is 0.330. The van der Waals surface area contributed by atoms with E-state index in [1.54, 1.807) is 6.20 Å². The molecule has 0 spiro atoms. The quantitative estimate of drug-likeness (QED) is 0.455. The van der Waals surface area contributed by atoms with Gasteiger partial charge in [-0.3, -0.25) is 0 Å². The van der Waals surface area contributed by atoms with Crippen molar-refractivity contribution in [3.63, 3.8) is 0 Å². The second kappa shape index (κ2) is 6.19. The molecule has 112 valence electrons. The number of carbonyl (C=O) groups is 1. The lowest BCUT2D eigenvalue weighted by Gasteiger charge is -2.08. The Balaban J connectivity index is 1.98. The number of H-pyrrole nitrogens is 1. The van der Waals surface area contributed by atoms with Crippen molar-refractivity contribution in [3.8, 4) is 0 Å². The fourth-order valence-corrected chi connectivity index (χ4v) is 2.67. The van der Waals surface area contributed by atoms with Crippen LogP contribution in [0.25, 0.3) is 10.9 Å². The number of esters is 1. The molecule has 0 saturated heterocycles. The molecule has 2 aromatic heterocycles. The van der Waals surface area contributed by atoms with Crippen molar-refractivity contribution in [2.75, 3.05) is 13.4 Å². The number of rotatable bonds is 4. The van der Waals surface area contributed by atoms with Gasteiger partial charge in [-0.15, -0.1) is 0 Å². The fraction of sp³-hybridized carbons (Fsp3) is 0.188. The molecule has 0 aliphatic rings. The smallest absolute Gasteiger partial charge is 0.357 e. The third-order valence-electron chi connectivity index (χ3n) is 3.42. The van der Waals surface area contributed by atoms with Gasteiger partial charge < -0.3 is 9.72 Å². The Hall–Kier alpha value is -2.34. The first-order chi connectivity index (χ1) is 10.7. The lowest BCUT2D eigenvalue weighted by molar-refractivity contribution is 0.0591. The highest BCUT2D eigenvalue weighted by atomic mass is 32.2. The number of methoxy groups -OCH3 is 1. The first kappa shape index (κ1) is 14.6. The Labute approximate surface area is 132 Å². The lowest BCUT2D eigenvalue weighted by atomic mass is 10.0. The number of nitrogens with zero attached hydrogens (tertiary/aromatic N) is 2. The van der Waals surface area contributed by atoms with Gasteiger partial charge in [0.05, 0.1) is 7.11 Å². The van der Waals surface area contributed by atoms with Crippen molar-refractivity contribution in [3.05, 3.63) is 53.5 Å². The van der Waals surface area contributed by atoms with Crippen LogP contribution in [-0.2, 0) is 11.2 Å². The Morgan fingerprint density at radius 1 is 1.36 bits per heavy atom. The van der Waals surface area contributed by atoms with Gasteiger partial charge in [0.2, 0.25) is 0 Å². The predicted octanol–water partition coefficient (Wildman–Crippen LogP) is 3.06. The lowest BCUT2D eigenvalue weighted by Crippen LogP contribution is -2.10. The molecule has 0 unspecified atom stereocenters. The number of fused-ring (bicyclic) bond motifs is 1. The number of benzene rings is 1. The van der Waals surface area contributed by atoms with Gasteiger partial charge in [0.15, 0.2) is 10.9 Å². The highest BCUT2D eigenvalue weighted by Gasteiger charge is 2.16. The maximum absolute atomic E-state index is 11.9. The van der Waals surface area contributed by atoms with Gasteiger partial charge in [-0.05, 0) is 35.4 Å². The molecule has 3 rings (SSSR count). The Morgan fingerprint density at radius 3 is 3.00 bits per heavy atom. The van der Waals surface area contributed by atoms with Gasteiger partial charge >= 0.3 is 5.97 Å². The topological polar surface area (TPSA) is 67.9 Å². The number of ether oxygens (including phenoxy) is 1. The molecule has 1 aromatic carbocycles. The summed E-state index contributed by atoms with van der Waals surface area (Å²) in [4.78, 5) is 23.6. The molecule has 2 heterocycles. The second-order valence-corrected chi connectivity index (χ2v) is 5.57. The molecule has 6 heteroatoms. The van der Waals surface area contributed by atoms with Crippen LogP contribution in [0, 0.1) is 0 Å². The third kappa shape index (κ3) is 2.82. The van der Waals surface area contributed by atoms with Crippen molar-refractivity contribution in [1.29, 1.82) is 0 Å². The maximum Gasteiger partial charge on any atom is 0.357 e. The van der Waals surface area contributed by atoms with E-state index >= 15 is 0 Å². The van der Waals surface area contributed by atoms with Crippen LogP contribution >= 0.6 is 11.8 Å². The van der Waals surface area contributed by atoms with E-state index in [-0.39, 0.29) is 0 Å². The zero-order valence-electron chi connectivity index (χ0n) is 12.3. The van der Waals surface area contributed by atoms with Crippen molar-refractivity contribution < 1.29 is 9.53 Å². The zero-order chi connectivity index (χ0) is 15.5. The van der Waals surface area contributed by atoms with Gasteiger partial charge in [-0.1, -0.05) is 17.8 Å². The minimum Gasteiger partial charge on any atom is -0.464 e. The third-order valence-corrected chi connectivity index (χ3v) is 3.98. The summed E-state index contributed by atoms with van der Waals surface area (Å²) in [6, 6.07) is 8.17. The van der Waals surface area contributed by atoms with Crippen molar-refractivity contribution >= 4 is 28.6 Å². The van der Waals surface area contributed by atoms with Crippen LogP contribution in [-0.4, -0.2) is 34.3 Å². The largest absolute Gasteiger partial charge is 0.464 e. The van der Waals surface area contributed by atoms with Crippen LogP contribution in [0.1, 0.15) is 21.6 Å². The van der Waals surface area contributed by atoms with E-state index < -0.39 is 5.97 Å². The van der Waals surface area contributed by atoms with E-state index in [1.807, 2.05) is 30.7 Å². The average molecular weight is 313 g/mol. The summed E-state index contributed by atoms with van der Waals surface area (Å²) in [5.74, 6) is -0.435. The molecule has 0 saturated carbocycles. The summed E-state index contributed by atoms with van der Waals surface area (Å²) in [6.07, 6.45) is 6.06. The van der Waals surface area contributed by atoms with Crippen LogP contribution < -0.4 is 0 Å². The molecule has 0 aliphatic carbocycles. The summed E-state index contributed by atoms with van der Waals surface area (Å²) in [7, 11) is 1.36. The monoisotopic (exact) mass is 313 g/mol. The molecular formula is C16H15N3O2S. The van der Waals surface area contributed by atoms with Crippen LogP contribution in [0.5, 0.6) is 0 Å². The first-order valence-corrected chi connectivity index (χ1v) is 7.98. The summed E-state index contributed by atoms with van der Waals surface area (Å²) < 4.78 is 4.83. The van der Waals surface area contributed by atoms with E-state index in [2.05, 4.69) is 21.0 Å². The average Bonchev–Trinajstić information content (AvgIpc) is 3.02. The standard InChI is InChI=1S/C16H15N3O2S/c1-21-15(20)14-12(9-18-16(19-14)22-2)8-10-3-4-13-11(7-10)5-6-17-13/h3-7,9,17H,8H2,1-2H3. The molecule has 5 nitrogen and oxygen atoms in total. The molecule has 0 aliphatic heterocycles. The van der Waals surface area contributed by atoms with E-state index in [0.717, 1.165) is 22.0 Å². The van der Waals surface area contributed by atoms with Gasteiger partial charge in [0.25, 0.3) is 0 Å². The highest BCUT2D eigenvalue weighted by Crippen LogP contribution is 2.20. The van der Waals surface area contributed by atoms with E-state index in [0.29, 0.717) is 17.3 Å². The zero-order valence-corrected chi connectivity index (χ0v) is 13.1. The van der Waals surface area contributed by atoms with Crippen LogP contribution in [0.3, 0.4) is 0 Å². The van der Waals surface area contributed by atoms with Crippen molar-refractivity contribution in [2.45, 2.75) is 11.6 Å². The Kier molecular flexibility index (Phi) is 4.11. The molecule has 22 heavy (non-hydrogen) atoms. The number of hydrogen-bond donors (Lipinski definition) is 1. The summed E-state index contributed by atoms with van der Waals surface area (Å²) >= 11 is 1.39. The molecule has 0 fully saturated rings. The summed E-state index contributed by atoms with van der Waals surface area (Å²) in [6.45, 7) is 0. The Bertz CT molecular complexity index is 829. The number of nitrogens with one attached hydrogen (secondary N) is 1. The van der Waals surface area contributed by atoms with E-state index in [1.165, 1.54) is 18.9 Å². The predicted molar refractivity (Wildman–Crippen MR) is 86.3 cm³/mol. The van der Waals surface area contributed by atoms with Crippen molar-refractivity contribution in [1.82, 2.24) is 15.0 Å². The van der Waals surface area contributed by atoms with Gasteiger partial charge in [0.1, 0.15) is 0 Å². The molecule has 3 aromatic rings. The summed E-state index contributed by atoms with van der Waals surface area (Å²) in [5.41, 5.74) is 3.28. The normalized spacial score (nSPS) is 10.8. The van der Waals surface area contributed by atoms with Crippen molar-refractivity contribution in [2.24, 2.45) is 0 Å². The second-order valence-electron chi connectivity index (χ2n) is 4.80. The van der Waals surface area contributed by atoms with Gasteiger partial charge in [-0.2, -0.15) is 0 Å². The number of aromatic nitrogens is 3. The van der Waals surface area contributed by atoms with Gasteiger partial charge in [0, 0.05) is 29.9 Å². The number of hydrogen-bond acceptors (Lipinski definition) is 5. The molecular weight excluding hydrogens is 298 g/mol. The number of thioether (sulfide) groups is 1. The number of carbonyl (C=O) groups excluding carboxylic acids is 1. The van der Waals surface area contributed by atoms with Gasteiger partial charge in [-0.25, -0.2) is 14.8 Å². The van der Waals surface area contributed by atoms with Crippen LogP contribution in [0.15, 0.2) is 41.8 Å². The SMILES string of the molecule is COC(=O)c1nc(SC)ncc1Cc1ccc2[nH]ccc2c1. The van der Waals surface area contributed by atoms with Crippen LogP contribution in [0.2, 0.25) is 0 Å². The number of aromatic amines is 1. The first-order valence-electron chi connectivity index (χ1n) is 6.75. The summed E-state index contributed by atoms with van der Waals surface area (Å²) in [5, 5.41) is 1.70. The molecule has 0 radical (unpaired) electrons. The minimum atomic E-state index is -0.435. The molecule has 0 atom stereocenters. The maximum atomic E-state index is 11.9. The molecule has 1 N–H and O–H groups in total. The Morgan fingerprint density at radius 2 is 2.23 bits per heavy atom. The van der Waals surface area contributed by atoms with E-state index in [9.17, 15) is 4.79 Å². The van der Waals surface area contributed by atoms with E-state index in [4.69, 9.17) is 4.74 Å². The fourth-order valence-electron chi connectivity index (χ4n) is 2.32. The molecule has 0 bridgehead atoms. The highest BCUT2D eigenvalue weighted by molar-refractivity contribution is 7.98.